The molecule has 1 aromatic carbocycles. The highest BCUT2D eigenvalue weighted by Crippen LogP contribution is 2.13. The minimum atomic E-state index is -0.349. The van der Waals surface area contributed by atoms with E-state index in [1.165, 1.54) is 7.11 Å². The standard InChI is InChI=1S/C18H28N2O3/c1-13-7-8-16(11-14(13)2)17(21)20(10-9-19(4)5)12-15(3)18(22)23-6/h7-8,11,15H,9-10,12H2,1-6H3. The summed E-state index contributed by atoms with van der Waals surface area (Å²) in [5.41, 5.74) is 2.90. The van der Waals surface area contributed by atoms with Crippen molar-refractivity contribution in [2.75, 3.05) is 40.8 Å². The summed E-state index contributed by atoms with van der Waals surface area (Å²) >= 11 is 0. The van der Waals surface area contributed by atoms with Gasteiger partial charge >= 0.3 is 5.97 Å². The number of carbonyl (C=O) groups is 2. The van der Waals surface area contributed by atoms with E-state index in [9.17, 15) is 9.59 Å². The second kappa shape index (κ2) is 8.67. The number of nitrogens with zero attached hydrogens (tertiary/aromatic N) is 2. The summed E-state index contributed by atoms with van der Waals surface area (Å²) in [7, 11) is 5.29. The van der Waals surface area contributed by atoms with Gasteiger partial charge in [0.2, 0.25) is 0 Å². The van der Waals surface area contributed by atoms with E-state index >= 15 is 0 Å². The van der Waals surface area contributed by atoms with Crippen LogP contribution in [-0.2, 0) is 9.53 Å². The number of esters is 1. The Bertz CT molecular complexity index is 555. The van der Waals surface area contributed by atoms with Gasteiger partial charge in [-0.2, -0.15) is 0 Å². The predicted molar refractivity (Wildman–Crippen MR) is 91.6 cm³/mol. The number of rotatable bonds is 7. The zero-order valence-electron chi connectivity index (χ0n) is 15.0. The van der Waals surface area contributed by atoms with Crippen molar-refractivity contribution in [1.29, 1.82) is 0 Å². The highest BCUT2D eigenvalue weighted by Gasteiger charge is 2.22. The molecule has 0 spiro atoms. The Morgan fingerprint density at radius 2 is 1.78 bits per heavy atom. The van der Waals surface area contributed by atoms with Gasteiger partial charge in [0.25, 0.3) is 5.91 Å². The molecular weight excluding hydrogens is 292 g/mol. The third-order valence-corrected chi connectivity index (χ3v) is 3.96. The zero-order chi connectivity index (χ0) is 17.6. The van der Waals surface area contributed by atoms with E-state index in [0.717, 1.165) is 17.7 Å². The van der Waals surface area contributed by atoms with Crippen LogP contribution in [0, 0.1) is 19.8 Å². The van der Waals surface area contributed by atoms with Gasteiger partial charge in [-0.05, 0) is 51.2 Å². The molecule has 1 aromatic rings. The number of carbonyl (C=O) groups excluding carboxylic acids is 2. The molecule has 128 valence electrons. The fourth-order valence-corrected chi connectivity index (χ4v) is 2.26. The molecule has 0 fully saturated rings. The number of likely N-dealkylation sites (N-methyl/N-ethyl adjacent to an activating group) is 1. The monoisotopic (exact) mass is 320 g/mol. The lowest BCUT2D eigenvalue weighted by molar-refractivity contribution is -0.145. The molecule has 1 unspecified atom stereocenters. The Morgan fingerprint density at radius 3 is 2.30 bits per heavy atom. The van der Waals surface area contributed by atoms with Crippen LogP contribution in [0.1, 0.15) is 28.4 Å². The largest absolute Gasteiger partial charge is 0.469 e. The van der Waals surface area contributed by atoms with Crippen LogP contribution < -0.4 is 0 Å². The molecule has 0 aliphatic carbocycles. The maximum atomic E-state index is 12.8. The molecule has 0 saturated heterocycles. The number of methoxy groups -OCH3 is 1. The van der Waals surface area contributed by atoms with Crippen LogP contribution in [-0.4, -0.2) is 62.5 Å². The van der Waals surface area contributed by atoms with Gasteiger partial charge in [0.15, 0.2) is 0 Å². The number of hydrogen-bond donors (Lipinski definition) is 0. The van der Waals surface area contributed by atoms with E-state index < -0.39 is 0 Å². The molecule has 0 heterocycles. The minimum absolute atomic E-state index is 0.0503. The van der Waals surface area contributed by atoms with Crippen LogP contribution in [0.25, 0.3) is 0 Å². The van der Waals surface area contributed by atoms with E-state index in [2.05, 4.69) is 0 Å². The van der Waals surface area contributed by atoms with Gasteiger partial charge in [0, 0.05) is 25.2 Å². The van der Waals surface area contributed by atoms with Crippen LogP contribution in [0.3, 0.4) is 0 Å². The average Bonchev–Trinajstić information content (AvgIpc) is 2.52. The molecule has 0 N–H and O–H groups in total. The first-order valence-electron chi connectivity index (χ1n) is 7.85. The predicted octanol–water partition coefficient (Wildman–Crippen LogP) is 2.12. The number of aryl methyl sites for hydroxylation is 2. The topological polar surface area (TPSA) is 49.9 Å². The quantitative estimate of drug-likeness (QED) is 0.722. The molecule has 0 saturated carbocycles. The number of amides is 1. The molecule has 0 aromatic heterocycles. The normalized spacial score (nSPS) is 12.1. The molecule has 1 amide bonds. The average molecular weight is 320 g/mol. The highest BCUT2D eigenvalue weighted by molar-refractivity contribution is 5.94. The van der Waals surface area contributed by atoms with Gasteiger partial charge in [0.1, 0.15) is 0 Å². The summed E-state index contributed by atoms with van der Waals surface area (Å²) in [6.45, 7) is 7.46. The lowest BCUT2D eigenvalue weighted by Crippen LogP contribution is -2.41. The Balaban J connectivity index is 2.94. The highest BCUT2D eigenvalue weighted by atomic mass is 16.5. The van der Waals surface area contributed by atoms with E-state index in [1.54, 1.807) is 11.8 Å². The van der Waals surface area contributed by atoms with E-state index in [0.29, 0.717) is 18.7 Å². The third kappa shape index (κ3) is 5.67. The van der Waals surface area contributed by atoms with Gasteiger partial charge in [-0.25, -0.2) is 0 Å². The van der Waals surface area contributed by atoms with Crippen molar-refractivity contribution in [3.05, 3.63) is 34.9 Å². The summed E-state index contributed by atoms with van der Waals surface area (Å²) in [6.07, 6.45) is 0. The van der Waals surface area contributed by atoms with Gasteiger partial charge in [-0.3, -0.25) is 9.59 Å². The molecule has 5 nitrogen and oxygen atoms in total. The van der Waals surface area contributed by atoms with Crippen molar-refractivity contribution in [1.82, 2.24) is 9.80 Å². The van der Waals surface area contributed by atoms with Crippen molar-refractivity contribution in [3.8, 4) is 0 Å². The van der Waals surface area contributed by atoms with Crippen molar-refractivity contribution in [2.45, 2.75) is 20.8 Å². The Hall–Kier alpha value is -1.88. The molecule has 0 aliphatic heterocycles. The SMILES string of the molecule is COC(=O)C(C)CN(CCN(C)C)C(=O)c1ccc(C)c(C)c1. The fourth-order valence-electron chi connectivity index (χ4n) is 2.26. The Labute approximate surface area is 139 Å². The second-order valence-electron chi connectivity index (χ2n) is 6.28. The van der Waals surface area contributed by atoms with E-state index in [-0.39, 0.29) is 17.8 Å². The molecule has 0 bridgehead atoms. The van der Waals surface area contributed by atoms with Gasteiger partial charge in [-0.1, -0.05) is 13.0 Å². The maximum absolute atomic E-state index is 12.8. The lowest BCUT2D eigenvalue weighted by Gasteiger charge is -2.26. The fraction of sp³-hybridized carbons (Fsp3) is 0.556. The van der Waals surface area contributed by atoms with Gasteiger partial charge in [0.05, 0.1) is 13.0 Å². The first-order chi connectivity index (χ1) is 10.8. The van der Waals surface area contributed by atoms with Gasteiger partial charge in [-0.15, -0.1) is 0 Å². The first-order valence-corrected chi connectivity index (χ1v) is 7.85. The van der Waals surface area contributed by atoms with Crippen LogP contribution in [0.4, 0.5) is 0 Å². The van der Waals surface area contributed by atoms with E-state index in [4.69, 9.17) is 4.74 Å². The summed E-state index contributed by atoms with van der Waals surface area (Å²) in [5, 5.41) is 0. The van der Waals surface area contributed by atoms with E-state index in [1.807, 2.05) is 51.0 Å². The summed E-state index contributed by atoms with van der Waals surface area (Å²) < 4.78 is 4.77. The van der Waals surface area contributed by atoms with Crippen LogP contribution in [0.2, 0.25) is 0 Å². The first kappa shape index (κ1) is 19.2. The van der Waals surface area contributed by atoms with Crippen molar-refractivity contribution >= 4 is 11.9 Å². The van der Waals surface area contributed by atoms with Crippen LogP contribution in [0.5, 0.6) is 0 Å². The minimum Gasteiger partial charge on any atom is -0.469 e. The maximum Gasteiger partial charge on any atom is 0.310 e. The molecule has 23 heavy (non-hydrogen) atoms. The number of hydrogen-bond acceptors (Lipinski definition) is 4. The third-order valence-electron chi connectivity index (χ3n) is 3.96. The molecule has 1 atom stereocenters. The Morgan fingerprint density at radius 1 is 1.13 bits per heavy atom. The number of benzene rings is 1. The van der Waals surface area contributed by atoms with Gasteiger partial charge < -0.3 is 14.5 Å². The summed E-state index contributed by atoms with van der Waals surface area (Å²) in [5.74, 6) is -0.698. The van der Waals surface area contributed by atoms with Crippen molar-refractivity contribution in [2.24, 2.45) is 5.92 Å². The van der Waals surface area contributed by atoms with Crippen molar-refractivity contribution in [3.63, 3.8) is 0 Å². The molecule has 0 aliphatic rings. The van der Waals surface area contributed by atoms with Crippen LogP contribution >= 0.6 is 0 Å². The molecule has 0 radical (unpaired) electrons. The molecular formula is C18H28N2O3. The zero-order valence-corrected chi connectivity index (χ0v) is 15.0. The summed E-state index contributed by atoms with van der Waals surface area (Å²) in [6, 6.07) is 5.70. The smallest absolute Gasteiger partial charge is 0.310 e. The molecule has 5 heteroatoms. The van der Waals surface area contributed by atoms with Crippen LogP contribution in [0.15, 0.2) is 18.2 Å². The van der Waals surface area contributed by atoms with Crippen molar-refractivity contribution < 1.29 is 14.3 Å². The summed E-state index contributed by atoms with van der Waals surface area (Å²) in [4.78, 5) is 28.2. The Kier molecular flexibility index (Phi) is 7.23. The lowest BCUT2D eigenvalue weighted by atomic mass is 10.0. The number of ether oxygens (including phenoxy) is 1. The second-order valence-corrected chi connectivity index (χ2v) is 6.28. The molecule has 1 rings (SSSR count).